The Labute approximate surface area is 175 Å². The molecule has 0 spiro atoms. The quantitative estimate of drug-likeness (QED) is 0.601. The van der Waals surface area contributed by atoms with Crippen LogP contribution >= 0.6 is 0 Å². The van der Waals surface area contributed by atoms with E-state index in [0.717, 1.165) is 11.4 Å². The minimum Gasteiger partial charge on any atom is -0.482 e. The average molecular weight is 413 g/mol. The summed E-state index contributed by atoms with van der Waals surface area (Å²) in [6.45, 7) is 6.35. The highest BCUT2D eigenvalue weighted by atomic mass is 16.6. The van der Waals surface area contributed by atoms with Crippen molar-refractivity contribution in [2.45, 2.75) is 39.3 Å². The Bertz CT molecular complexity index is 861. The standard InChI is InChI=1S/C22H27N3O5/c1-15(20(27)24-21(28)25-22(2,3)4)30-19(26)14-29-18-12-10-17(11-13-18)23-16-8-6-5-7-9-16/h5-13,15,23H,14H2,1-4H3,(H2,24,25,27,28)/t15-/m1/s1. The predicted octanol–water partition coefficient (Wildman–Crippen LogP) is 3.37. The number of imide groups is 1. The summed E-state index contributed by atoms with van der Waals surface area (Å²) < 4.78 is 10.4. The van der Waals surface area contributed by atoms with Crippen LogP contribution in [0, 0.1) is 0 Å². The summed E-state index contributed by atoms with van der Waals surface area (Å²) in [5.74, 6) is -0.964. The number of para-hydroxylation sites is 1. The number of rotatable bonds is 7. The van der Waals surface area contributed by atoms with Gasteiger partial charge in [-0.15, -0.1) is 0 Å². The lowest BCUT2D eigenvalue weighted by Crippen LogP contribution is -2.50. The molecule has 2 aromatic carbocycles. The molecule has 0 fully saturated rings. The van der Waals surface area contributed by atoms with E-state index in [9.17, 15) is 14.4 Å². The third kappa shape index (κ3) is 8.22. The van der Waals surface area contributed by atoms with Crippen LogP contribution in [0.15, 0.2) is 54.6 Å². The number of nitrogens with one attached hydrogen (secondary N) is 3. The van der Waals surface area contributed by atoms with E-state index in [4.69, 9.17) is 9.47 Å². The van der Waals surface area contributed by atoms with Gasteiger partial charge in [0.1, 0.15) is 5.75 Å². The first kappa shape index (κ1) is 22.7. The Morgan fingerprint density at radius 1 is 0.933 bits per heavy atom. The van der Waals surface area contributed by atoms with E-state index in [1.807, 2.05) is 42.5 Å². The van der Waals surface area contributed by atoms with Crippen LogP contribution in [0.3, 0.4) is 0 Å². The largest absolute Gasteiger partial charge is 0.482 e. The molecule has 2 aromatic rings. The van der Waals surface area contributed by atoms with Gasteiger partial charge in [-0.05, 0) is 64.1 Å². The smallest absolute Gasteiger partial charge is 0.344 e. The maximum Gasteiger partial charge on any atom is 0.344 e. The third-order valence-corrected chi connectivity index (χ3v) is 3.68. The number of benzene rings is 2. The Kier molecular flexibility index (Phi) is 7.80. The molecule has 0 saturated carbocycles. The molecule has 0 aromatic heterocycles. The van der Waals surface area contributed by atoms with Crippen LogP contribution in [0.1, 0.15) is 27.7 Å². The van der Waals surface area contributed by atoms with Gasteiger partial charge in [0.05, 0.1) is 0 Å². The molecule has 0 heterocycles. The number of esters is 1. The van der Waals surface area contributed by atoms with E-state index >= 15 is 0 Å². The lowest BCUT2D eigenvalue weighted by molar-refractivity contribution is -0.156. The van der Waals surface area contributed by atoms with Gasteiger partial charge in [0.15, 0.2) is 12.7 Å². The summed E-state index contributed by atoms with van der Waals surface area (Å²) in [5, 5.41) is 7.95. The fraction of sp³-hybridized carbons (Fsp3) is 0.318. The van der Waals surface area contributed by atoms with Crippen LogP contribution < -0.4 is 20.7 Å². The lowest BCUT2D eigenvalue weighted by atomic mass is 10.1. The van der Waals surface area contributed by atoms with E-state index in [1.165, 1.54) is 6.92 Å². The summed E-state index contributed by atoms with van der Waals surface area (Å²) in [7, 11) is 0. The fourth-order valence-electron chi connectivity index (χ4n) is 2.33. The highest BCUT2D eigenvalue weighted by Gasteiger charge is 2.22. The van der Waals surface area contributed by atoms with Crippen molar-refractivity contribution < 1.29 is 23.9 Å². The highest BCUT2D eigenvalue weighted by Crippen LogP contribution is 2.19. The van der Waals surface area contributed by atoms with Gasteiger partial charge in [-0.1, -0.05) is 18.2 Å². The Hall–Kier alpha value is -3.55. The molecule has 3 amide bonds. The minimum absolute atomic E-state index is 0.364. The van der Waals surface area contributed by atoms with Crippen molar-refractivity contribution in [3.63, 3.8) is 0 Å². The second-order valence-corrected chi connectivity index (χ2v) is 7.63. The maximum atomic E-state index is 11.9. The molecule has 0 aliphatic rings. The van der Waals surface area contributed by atoms with E-state index in [2.05, 4.69) is 16.0 Å². The monoisotopic (exact) mass is 413 g/mol. The predicted molar refractivity (Wildman–Crippen MR) is 114 cm³/mol. The van der Waals surface area contributed by atoms with Gasteiger partial charge in [0.25, 0.3) is 5.91 Å². The third-order valence-electron chi connectivity index (χ3n) is 3.68. The molecule has 1 atom stereocenters. The summed E-state index contributed by atoms with van der Waals surface area (Å²) >= 11 is 0. The molecule has 8 heteroatoms. The van der Waals surface area contributed by atoms with E-state index in [1.54, 1.807) is 32.9 Å². The van der Waals surface area contributed by atoms with Crippen LogP contribution in [0.2, 0.25) is 0 Å². The van der Waals surface area contributed by atoms with Gasteiger partial charge in [-0.3, -0.25) is 10.1 Å². The number of ether oxygens (including phenoxy) is 2. The van der Waals surface area contributed by atoms with Crippen molar-refractivity contribution in [2.75, 3.05) is 11.9 Å². The number of amides is 3. The van der Waals surface area contributed by atoms with Crippen molar-refractivity contribution in [2.24, 2.45) is 0 Å². The molecule has 0 aliphatic carbocycles. The Morgan fingerprint density at radius 3 is 2.13 bits per heavy atom. The van der Waals surface area contributed by atoms with E-state index in [-0.39, 0.29) is 6.61 Å². The van der Waals surface area contributed by atoms with Crippen LogP contribution in [-0.2, 0) is 14.3 Å². The van der Waals surface area contributed by atoms with Crippen LogP contribution in [0.5, 0.6) is 5.75 Å². The molecule has 3 N–H and O–H groups in total. The van der Waals surface area contributed by atoms with Crippen molar-refractivity contribution in [1.82, 2.24) is 10.6 Å². The number of carbonyl (C=O) groups is 3. The Balaban J connectivity index is 1.75. The highest BCUT2D eigenvalue weighted by molar-refractivity contribution is 5.97. The maximum absolute atomic E-state index is 11.9. The molecule has 2 rings (SSSR count). The van der Waals surface area contributed by atoms with Crippen LogP contribution in [0.4, 0.5) is 16.2 Å². The van der Waals surface area contributed by atoms with Gasteiger partial charge < -0.3 is 20.1 Å². The fourth-order valence-corrected chi connectivity index (χ4v) is 2.33. The SMILES string of the molecule is C[C@@H](OC(=O)COc1ccc(Nc2ccccc2)cc1)C(=O)NC(=O)NC(C)(C)C. The van der Waals surface area contributed by atoms with Gasteiger partial charge in [-0.2, -0.15) is 0 Å². The topological polar surface area (TPSA) is 106 Å². The molecular formula is C22H27N3O5. The second kappa shape index (κ2) is 10.3. The minimum atomic E-state index is -1.13. The second-order valence-electron chi connectivity index (χ2n) is 7.63. The molecule has 160 valence electrons. The molecular weight excluding hydrogens is 386 g/mol. The molecule has 0 aliphatic heterocycles. The first-order valence-corrected chi connectivity index (χ1v) is 9.50. The van der Waals surface area contributed by atoms with Crippen LogP contribution in [0.25, 0.3) is 0 Å². The Morgan fingerprint density at radius 2 is 1.53 bits per heavy atom. The number of anilines is 2. The number of hydrogen-bond acceptors (Lipinski definition) is 6. The summed E-state index contributed by atoms with van der Waals surface area (Å²) in [5.41, 5.74) is 1.33. The van der Waals surface area contributed by atoms with Crippen molar-refractivity contribution in [3.05, 3.63) is 54.6 Å². The summed E-state index contributed by atoms with van der Waals surface area (Å²) in [4.78, 5) is 35.6. The first-order chi connectivity index (χ1) is 14.1. The van der Waals surface area contributed by atoms with Crippen molar-refractivity contribution in [3.8, 4) is 5.75 Å². The first-order valence-electron chi connectivity index (χ1n) is 9.50. The average Bonchev–Trinajstić information content (AvgIpc) is 2.66. The number of hydrogen-bond donors (Lipinski definition) is 3. The summed E-state index contributed by atoms with van der Waals surface area (Å²) in [6.07, 6.45) is -1.13. The normalized spacial score (nSPS) is 11.7. The number of urea groups is 1. The van der Waals surface area contributed by atoms with Crippen molar-refractivity contribution >= 4 is 29.3 Å². The van der Waals surface area contributed by atoms with Gasteiger partial charge in [-0.25, -0.2) is 9.59 Å². The van der Waals surface area contributed by atoms with Gasteiger partial charge in [0, 0.05) is 16.9 Å². The molecule has 30 heavy (non-hydrogen) atoms. The van der Waals surface area contributed by atoms with Crippen molar-refractivity contribution in [1.29, 1.82) is 0 Å². The zero-order valence-corrected chi connectivity index (χ0v) is 17.5. The van der Waals surface area contributed by atoms with E-state index < -0.39 is 29.6 Å². The van der Waals surface area contributed by atoms with E-state index in [0.29, 0.717) is 5.75 Å². The zero-order chi connectivity index (χ0) is 22.1. The summed E-state index contributed by atoms with van der Waals surface area (Å²) in [6, 6.07) is 16.1. The zero-order valence-electron chi connectivity index (χ0n) is 17.5. The molecule has 8 nitrogen and oxygen atoms in total. The van der Waals surface area contributed by atoms with Crippen LogP contribution in [-0.4, -0.2) is 36.2 Å². The number of carbonyl (C=O) groups excluding carboxylic acids is 3. The molecule has 0 saturated heterocycles. The molecule has 0 bridgehead atoms. The van der Waals surface area contributed by atoms with Gasteiger partial charge in [0.2, 0.25) is 0 Å². The molecule has 0 radical (unpaired) electrons. The lowest BCUT2D eigenvalue weighted by Gasteiger charge is -2.21. The van der Waals surface area contributed by atoms with Gasteiger partial charge >= 0.3 is 12.0 Å². The molecule has 0 unspecified atom stereocenters.